The molecule has 4 heteroatoms. The maximum absolute atomic E-state index is 12.4. The first-order valence-electron chi connectivity index (χ1n) is 6.24. The van der Waals surface area contributed by atoms with Crippen molar-refractivity contribution < 1.29 is 9.59 Å². The number of rotatable bonds is 0. The van der Waals surface area contributed by atoms with E-state index in [1.807, 2.05) is 18.2 Å². The van der Waals surface area contributed by atoms with E-state index >= 15 is 0 Å². The van der Waals surface area contributed by atoms with Crippen LogP contribution in [-0.4, -0.2) is 35.8 Å². The van der Waals surface area contributed by atoms with Crippen molar-refractivity contribution in [3.05, 3.63) is 35.4 Å². The Hall–Kier alpha value is -1.84. The third-order valence-corrected chi connectivity index (χ3v) is 3.95. The Labute approximate surface area is 106 Å². The van der Waals surface area contributed by atoms with Gasteiger partial charge in [-0.05, 0) is 24.0 Å². The van der Waals surface area contributed by atoms with Crippen LogP contribution in [0.15, 0.2) is 24.3 Å². The molecule has 3 rings (SSSR count). The van der Waals surface area contributed by atoms with E-state index in [2.05, 4.69) is 11.4 Å². The summed E-state index contributed by atoms with van der Waals surface area (Å²) in [5.41, 5.74) is 1.75. The molecule has 1 aromatic rings. The fourth-order valence-electron chi connectivity index (χ4n) is 3.04. The van der Waals surface area contributed by atoms with Crippen LogP contribution in [0.4, 0.5) is 0 Å². The number of piperazine rings is 1. The van der Waals surface area contributed by atoms with Gasteiger partial charge in [0, 0.05) is 13.5 Å². The third-order valence-electron chi connectivity index (χ3n) is 3.95. The van der Waals surface area contributed by atoms with E-state index in [0.29, 0.717) is 12.8 Å². The number of aryl methyl sites for hydroxylation is 1. The van der Waals surface area contributed by atoms with Gasteiger partial charge in [-0.15, -0.1) is 0 Å². The quantitative estimate of drug-likeness (QED) is 0.722. The van der Waals surface area contributed by atoms with Crippen LogP contribution in [0, 0.1) is 0 Å². The van der Waals surface area contributed by atoms with Crippen LogP contribution >= 0.6 is 0 Å². The summed E-state index contributed by atoms with van der Waals surface area (Å²) in [7, 11) is 1.70. The Bertz CT molecular complexity index is 526. The van der Waals surface area contributed by atoms with Crippen LogP contribution in [-0.2, 0) is 22.4 Å². The predicted octanol–water partition coefficient (Wildman–Crippen LogP) is 0.502. The molecule has 1 atom stereocenters. The van der Waals surface area contributed by atoms with Gasteiger partial charge >= 0.3 is 0 Å². The van der Waals surface area contributed by atoms with Crippen molar-refractivity contribution in [3.8, 4) is 0 Å². The molecule has 2 aliphatic rings. The van der Waals surface area contributed by atoms with Gasteiger partial charge in [0.1, 0.15) is 5.54 Å². The molecule has 0 aromatic heterocycles. The smallest absolute Gasteiger partial charge is 0.248 e. The minimum Gasteiger partial charge on any atom is -0.340 e. The van der Waals surface area contributed by atoms with Gasteiger partial charge in [0.2, 0.25) is 11.8 Å². The number of amides is 2. The van der Waals surface area contributed by atoms with Gasteiger partial charge in [0.25, 0.3) is 0 Å². The summed E-state index contributed by atoms with van der Waals surface area (Å²) in [5, 5.41) is 2.92. The summed E-state index contributed by atoms with van der Waals surface area (Å²) in [6.07, 6.45) is 2.15. The summed E-state index contributed by atoms with van der Waals surface area (Å²) in [6, 6.07) is 8.15. The number of hydrogen-bond donors (Lipinski definition) is 1. The second-order valence-electron chi connectivity index (χ2n) is 5.24. The molecule has 1 aromatic carbocycles. The van der Waals surface area contributed by atoms with Gasteiger partial charge in [-0.3, -0.25) is 9.59 Å². The van der Waals surface area contributed by atoms with Crippen molar-refractivity contribution in [2.45, 2.75) is 24.8 Å². The molecule has 1 aliphatic heterocycles. The third kappa shape index (κ3) is 1.60. The number of carbonyl (C=O) groups excluding carboxylic acids is 2. The van der Waals surface area contributed by atoms with E-state index in [1.165, 1.54) is 16.0 Å². The van der Waals surface area contributed by atoms with Crippen molar-refractivity contribution in [3.63, 3.8) is 0 Å². The fraction of sp³-hybridized carbons (Fsp3) is 0.429. The van der Waals surface area contributed by atoms with E-state index in [4.69, 9.17) is 0 Å². The van der Waals surface area contributed by atoms with Gasteiger partial charge in [0.05, 0.1) is 6.54 Å². The Balaban J connectivity index is 1.98. The van der Waals surface area contributed by atoms with Crippen molar-refractivity contribution in [1.29, 1.82) is 0 Å². The predicted molar refractivity (Wildman–Crippen MR) is 67.0 cm³/mol. The van der Waals surface area contributed by atoms with E-state index in [0.717, 1.165) is 6.42 Å². The van der Waals surface area contributed by atoms with Gasteiger partial charge in [-0.2, -0.15) is 0 Å². The molecule has 1 N–H and O–H groups in total. The Morgan fingerprint density at radius 2 is 1.94 bits per heavy atom. The van der Waals surface area contributed by atoms with Crippen molar-refractivity contribution in [2.24, 2.45) is 0 Å². The number of likely N-dealkylation sites (N-methyl/N-ethyl adjacent to an activating group) is 1. The molecule has 1 heterocycles. The number of nitrogens with zero attached hydrogens (tertiary/aromatic N) is 1. The number of nitrogens with one attached hydrogen (secondary N) is 1. The molecular formula is C14H16N2O2. The first kappa shape index (κ1) is 11.3. The summed E-state index contributed by atoms with van der Waals surface area (Å²) >= 11 is 0. The monoisotopic (exact) mass is 244 g/mol. The van der Waals surface area contributed by atoms with Crippen molar-refractivity contribution >= 4 is 11.8 Å². The molecule has 1 spiro atoms. The van der Waals surface area contributed by atoms with Gasteiger partial charge in [-0.25, -0.2) is 0 Å². The molecule has 1 saturated heterocycles. The fourth-order valence-corrected chi connectivity index (χ4v) is 3.04. The molecule has 18 heavy (non-hydrogen) atoms. The molecule has 4 nitrogen and oxygen atoms in total. The Kier molecular flexibility index (Phi) is 2.40. The average molecular weight is 244 g/mol. The van der Waals surface area contributed by atoms with E-state index < -0.39 is 5.54 Å². The molecule has 1 aliphatic carbocycles. The molecule has 0 saturated carbocycles. The average Bonchev–Trinajstić information content (AvgIpc) is 2.36. The number of fused-ring (bicyclic) bond motifs is 1. The normalized spacial score (nSPS) is 27.1. The molecule has 0 bridgehead atoms. The lowest BCUT2D eigenvalue weighted by molar-refractivity contribution is -0.149. The molecule has 1 fully saturated rings. The van der Waals surface area contributed by atoms with Gasteiger partial charge in [-0.1, -0.05) is 24.3 Å². The van der Waals surface area contributed by atoms with E-state index in [1.54, 1.807) is 7.05 Å². The maximum Gasteiger partial charge on any atom is 0.248 e. The summed E-state index contributed by atoms with van der Waals surface area (Å²) in [5.74, 6) is -0.0203. The largest absolute Gasteiger partial charge is 0.340 e. The van der Waals surface area contributed by atoms with Crippen molar-refractivity contribution in [2.75, 3.05) is 13.6 Å². The summed E-state index contributed by atoms with van der Waals surface area (Å²) in [4.78, 5) is 25.6. The highest BCUT2D eigenvalue weighted by Gasteiger charge is 2.47. The second kappa shape index (κ2) is 3.83. The zero-order valence-electron chi connectivity index (χ0n) is 10.4. The first-order valence-corrected chi connectivity index (χ1v) is 6.24. The van der Waals surface area contributed by atoms with Crippen LogP contribution in [0.3, 0.4) is 0 Å². The second-order valence-corrected chi connectivity index (χ2v) is 5.24. The lowest BCUT2D eigenvalue weighted by Crippen LogP contribution is -2.67. The molecule has 94 valence electrons. The van der Waals surface area contributed by atoms with E-state index in [9.17, 15) is 9.59 Å². The zero-order chi connectivity index (χ0) is 12.8. The summed E-state index contributed by atoms with van der Waals surface area (Å²) in [6.45, 7) is 0.169. The number of carbonyl (C=O) groups is 2. The highest BCUT2D eigenvalue weighted by Crippen LogP contribution is 2.31. The van der Waals surface area contributed by atoms with Gasteiger partial charge in [0.15, 0.2) is 0 Å². The number of hydrogen-bond acceptors (Lipinski definition) is 2. The minimum absolute atomic E-state index is 0.0385. The molecule has 2 amide bonds. The Morgan fingerprint density at radius 3 is 2.72 bits per heavy atom. The van der Waals surface area contributed by atoms with Crippen LogP contribution < -0.4 is 5.32 Å². The maximum atomic E-state index is 12.4. The highest BCUT2D eigenvalue weighted by atomic mass is 16.2. The van der Waals surface area contributed by atoms with Crippen LogP contribution in [0.25, 0.3) is 0 Å². The van der Waals surface area contributed by atoms with Crippen LogP contribution in [0.5, 0.6) is 0 Å². The zero-order valence-corrected chi connectivity index (χ0v) is 10.4. The molecule has 0 radical (unpaired) electrons. The summed E-state index contributed by atoms with van der Waals surface area (Å²) < 4.78 is 0. The highest BCUT2D eigenvalue weighted by molar-refractivity contribution is 5.98. The standard InChI is InChI=1S/C14H16N2O2/c1-16-9-12(17)15-14(13(16)18)7-6-10-4-2-3-5-11(10)8-14/h2-5H,6-9H2,1H3,(H,15,17). The lowest BCUT2D eigenvalue weighted by atomic mass is 9.76. The molecule has 1 unspecified atom stereocenters. The lowest BCUT2D eigenvalue weighted by Gasteiger charge is -2.43. The topological polar surface area (TPSA) is 49.4 Å². The van der Waals surface area contributed by atoms with Crippen LogP contribution in [0.2, 0.25) is 0 Å². The molecular weight excluding hydrogens is 228 g/mol. The van der Waals surface area contributed by atoms with Crippen molar-refractivity contribution in [1.82, 2.24) is 10.2 Å². The minimum atomic E-state index is -0.710. The number of benzene rings is 1. The Morgan fingerprint density at radius 1 is 1.22 bits per heavy atom. The SMILES string of the molecule is CN1CC(=O)NC2(CCc3ccccc3C2)C1=O. The van der Waals surface area contributed by atoms with Gasteiger partial charge < -0.3 is 10.2 Å². The van der Waals surface area contributed by atoms with E-state index in [-0.39, 0.29) is 18.4 Å². The first-order chi connectivity index (χ1) is 8.61. The van der Waals surface area contributed by atoms with Crippen LogP contribution in [0.1, 0.15) is 17.5 Å².